The molecule has 0 aliphatic rings. The summed E-state index contributed by atoms with van der Waals surface area (Å²) in [6.45, 7) is 0. The lowest BCUT2D eigenvalue weighted by Crippen LogP contribution is -2.11. The number of rotatable bonds is 3. The number of nitrogens with zero attached hydrogens (tertiary/aromatic N) is 3. The highest BCUT2D eigenvalue weighted by Crippen LogP contribution is 2.28. The smallest absolute Gasteiger partial charge is 0.241 e. The lowest BCUT2D eigenvalue weighted by molar-refractivity contribution is 0.469. The maximum Gasteiger partial charge on any atom is 0.241 e. The molecule has 3 N–H and O–H groups in total. The van der Waals surface area contributed by atoms with Gasteiger partial charge in [-0.3, -0.25) is 5.43 Å². The van der Waals surface area contributed by atoms with Gasteiger partial charge < -0.3 is 4.74 Å². The van der Waals surface area contributed by atoms with Gasteiger partial charge in [0.25, 0.3) is 0 Å². The fourth-order valence-corrected chi connectivity index (χ4v) is 1.90. The molecular formula is C15H11N5O. The van der Waals surface area contributed by atoms with Crippen molar-refractivity contribution in [3.05, 3.63) is 54.1 Å². The number of nitrogens with two attached hydrogens (primary N) is 1. The third-order valence-corrected chi connectivity index (χ3v) is 2.90. The Hall–Kier alpha value is -3.17. The Balaban J connectivity index is 2.04. The summed E-state index contributed by atoms with van der Waals surface area (Å²) in [5.41, 5.74) is 3.71. The van der Waals surface area contributed by atoms with E-state index in [2.05, 4.69) is 21.5 Å². The van der Waals surface area contributed by atoms with E-state index in [1.807, 2.05) is 24.3 Å². The van der Waals surface area contributed by atoms with E-state index in [1.165, 1.54) is 0 Å². The minimum Gasteiger partial charge on any atom is -0.438 e. The van der Waals surface area contributed by atoms with E-state index >= 15 is 0 Å². The van der Waals surface area contributed by atoms with E-state index in [0.717, 1.165) is 10.9 Å². The third kappa shape index (κ3) is 2.59. The summed E-state index contributed by atoms with van der Waals surface area (Å²) in [5, 5.41) is 9.57. The van der Waals surface area contributed by atoms with Crippen LogP contribution in [0.15, 0.2) is 48.5 Å². The standard InChI is InChI=1S/C15H11N5O/c16-9-10-5-7-11(8-6-10)21-14-12-3-1-2-4-13(12)18-15(19-14)20-17/h1-8H,17H2,(H,18,19,20). The SMILES string of the molecule is N#Cc1ccc(Oc2nc(NN)nc3ccccc23)cc1. The first kappa shape index (κ1) is 12.8. The molecule has 0 unspecified atom stereocenters. The van der Waals surface area contributed by atoms with Crippen LogP contribution in [0.2, 0.25) is 0 Å². The quantitative estimate of drug-likeness (QED) is 0.564. The lowest BCUT2D eigenvalue weighted by Gasteiger charge is -2.09. The van der Waals surface area contributed by atoms with Crippen molar-refractivity contribution in [3.63, 3.8) is 0 Å². The molecule has 0 fully saturated rings. The number of aromatic nitrogens is 2. The van der Waals surface area contributed by atoms with Crippen molar-refractivity contribution in [1.29, 1.82) is 5.26 Å². The Bertz CT molecular complexity index is 824. The summed E-state index contributed by atoms with van der Waals surface area (Å²) in [5.74, 6) is 6.63. The average molecular weight is 277 g/mol. The summed E-state index contributed by atoms with van der Waals surface area (Å²) in [6.07, 6.45) is 0. The number of fused-ring (bicyclic) bond motifs is 1. The number of nitriles is 1. The second-order valence-corrected chi connectivity index (χ2v) is 4.25. The van der Waals surface area contributed by atoms with Crippen LogP contribution in [0.1, 0.15) is 5.56 Å². The van der Waals surface area contributed by atoms with Gasteiger partial charge in [0.2, 0.25) is 11.8 Å². The highest BCUT2D eigenvalue weighted by atomic mass is 16.5. The van der Waals surface area contributed by atoms with Gasteiger partial charge in [-0.1, -0.05) is 12.1 Å². The van der Waals surface area contributed by atoms with Crippen molar-refractivity contribution in [1.82, 2.24) is 9.97 Å². The monoisotopic (exact) mass is 277 g/mol. The van der Waals surface area contributed by atoms with E-state index in [4.69, 9.17) is 15.8 Å². The van der Waals surface area contributed by atoms with Crippen molar-refractivity contribution in [2.75, 3.05) is 5.43 Å². The number of ether oxygens (including phenoxy) is 1. The van der Waals surface area contributed by atoms with E-state index in [-0.39, 0.29) is 5.95 Å². The third-order valence-electron chi connectivity index (χ3n) is 2.90. The highest BCUT2D eigenvalue weighted by Gasteiger charge is 2.09. The van der Waals surface area contributed by atoms with Gasteiger partial charge in [0, 0.05) is 0 Å². The molecule has 0 saturated heterocycles. The van der Waals surface area contributed by atoms with Crippen molar-refractivity contribution < 1.29 is 4.74 Å². The fourth-order valence-electron chi connectivity index (χ4n) is 1.90. The van der Waals surface area contributed by atoms with Crippen molar-refractivity contribution in [3.8, 4) is 17.7 Å². The molecule has 0 aliphatic heterocycles. The molecule has 1 heterocycles. The predicted molar refractivity (Wildman–Crippen MR) is 78.6 cm³/mol. The Morgan fingerprint density at radius 2 is 1.81 bits per heavy atom. The number of para-hydroxylation sites is 1. The van der Waals surface area contributed by atoms with Gasteiger partial charge in [-0.05, 0) is 36.4 Å². The van der Waals surface area contributed by atoms with Gasteiger partial charge in [0.15, 0.2) is 0 Å². The molecular weight excluding hydrogens is 266 g/mol. The van der Waals surface area contributed by atoms with Crippen LogP contribution in [0.4, 0.5) is 5.95 Å². The largest absolute Gasteiger partial charge is 0.438 e. The lowest BCUT2D eigenvalue weighted by atomic mass is 10.2. The maximum absolute atomic E-state index is 8.79. The molecule has 0 aliphatic carbocycles. The topological polar surface area (TPSA) is 96.8 Å². The van der Waals surface area contributed by atoms with Crippen LogP contribution in [-0.4, -0.2) is 9.97 Å². The second-order valence-electron chi connectivity index (χ2n) is 4.25. The van der Waals surface area contributed by atoms with Crippen LogP contribution in [-0.2, 0) is 0 Å². The van der Waals surface area contributed by atoms with Crippen LogP contribution < -0.4 is 16.0 Å². The van der Waals surface area contributed by atoms with E-state index in [9.17, 15) is 0 Å². The zero-order valence-corrected chi connectivity index (χ0v) is 10.9. The Morgan fingerprint density at radius 1 is 1.05 bits per heavy atom. The van der Waals surface area contributed by atoms with Gasteiger partial charge >= 0.3 is 0 Å². The van der Waals surface area contributed by atoms with Crippen molar-refractivity contribution in [2.24, 2.45) is 5.84 Å². The van der Waals surface area contributed by atoms with Gasteiger partial charge in [-0.25, -0.2) is 10.8 Å². The molecule has 21 heavy (non-hydrogen) atoms. The molecule has 0 saturated carbocycles. The molecule has 0 atom stereocenters. The first-order valence-electron chi connectivity index (χ1n) is 6.21. The summed E-state index contributed by atoms with van der Waals surface area (Å²) in [7, 11) is 0. The minimum absolute atomic E-state index is 0.275. The van der Waals surface area contributed by atoms with Gasteiger partial charge in [0.1, 0.15) is 5.75 Å². The zero-order valence-electron chi connectivity index (χ0n) is 10.9. The molecule has 6 heteroatoms. The molecule has 0 radical (unpaired) electrons. The Morgan fingerprint density at radius 3 is 2.52 bits per heavy atom. The molecule has 3 aromatic rings. The highest BCUT2D eigenvalue weighted by molar-refractivity contribution is 5.84. The van der Waals surface area contributed by atoms with Crippen LogP contribution in [0, 0.1) is 11.3 Å². The number of hydrogen-bond donors (Lipinski definition) is 2. The van der Waals surface area contributed by atoms with Gasteiger partial charge in [-0.2, -0.15) is 10.2 Å². The predicted octanol–water partition coefficient (Wildman–Crippen LogP) is 2.58. The zero-order chi connectivity index (χ0) is 14.7. The fraction of sp³-hybridized carbons (Fsp3) is 0. The van der Waals surface area contributed by atoms with E-state index < -0.39 is 0 Å². The summed E-state index contributed by atoms with van der Waals surface area (Å²) in [6, 6.07) is 16.3. The van der Waals surface area contributed by atoms with Crippen molar-refractivity contribution in [2.45, 2.75) is 0 Å². The molecule has 102 valence electrons. The summed E-state index contributed by atoms with van der Waals surface area (Å²) in [4.78, 5) is 8.48. The molecule has 1 aromatic heterocycles. The molecule has 0 spiro atoms. The first-order valence-corrected chi connectivity index (χ1v) is 6.21. The number of hydrazine groups is 1. The Labute approximate surface area is 120 Å². The number of nitrogen functional groups attached to an aromatic ring is 1. The van der Waals surface area contributed by atoms with Crippen LogP contribution >= 0.6 is 0 Å². The molecule has 0 amide bonds. The van der Waals surface area contributed by atoms with Crippen LogP contribution in [0.3, 0.4) is 0 Å². The molecule has 3 rings (SSSR count). The van der Waals surface area contributed by atoms with E-state index in [0.29, 0.717) is 17.2 Å². The molecule has 2 aromatic carbocycles. The van der Waals surface area contributed by atoms with Gasteiger partial charge in [0.05, 0.1) is 22.5 Å². The Kier molecular flexibility index (Phi) is 3.33. The second kappa shape index (κ2) is 5.45. The van der Waals surface area contributed by atoms with Crippen molar-refractivity contribution >= 4 is 16.9 Å². The number of nitrogens with one attached hydrogen (secondary N) is 1. The summed E-state index contributed by atoms with van der Waals surface area (Å²) >= 11 is 0. The van der Waals surface area contributed by atoms with E-state index in [1.54, 1.807) is 24.3 Å². The molecule has 6 nitrogen and oxygen atoms in total. The normalized spacial score (nSPS) is 10.1. The number of anilines is 1. The number of benzene rings is 2. The van der Waals surface area contributed by atoms with Gasteiger partial charge in [-0.15, -0.1) is 0 Å². The first-order chi connectivity index (χ1) is 10.3. The molecule has 0 bridgehead atoms. The summed E-state index contributed by atoms with van der Waals surface area (Å²) < 4.78 is 5.78. The average Bonchev–Trinajstić information content (AvgIpc) is 2.55. The number of hydrogen-bond acceptors (Lipinski definition) is 6. The maximum atomic E-state index is 8.79. The minimum atomic E-state index is 0.275. The van der Waals surface area contributed by atoms with Crippen LogP contribution in [0.5, 0.6) is 11.6 Å². The van der Waals surface area contributed by atoms with Crippen LogP contribution in [0.25, 0.3) is 10.9 Å².